The van der Waals surface area contributed by atoms with Gasteiger partial charge in [0.25, 0.3) is 5.91 Å². The first-order chi connectivity index (χ1) is 13.9. The second kappa shape index (κ2) is 8.04. The van der Waals surface area contributed by atoms with Crippen LogP contribution in [0.4, 0.5) is 5.13 Å². The molecule has 29 heavy (non-hydrogen) atoms. The number of benzene rings is 1. The number of hydrogen-bond acceptors (Lipinski definition) is 5. The van der Waals surface area contributed by atoms with Gasteiger partial charge in [-0.15, -0.1) is 0 Å². The van der Waals surface area contributed by atoms with Crippen molar-refractivity contribution in [2.45, 2.75) is 33.4 Å². The fourth-order valence-electron chi connectivity index (χ4n) is 3.16. The maximum Gasteiger partial charge on any atom is 0.280 e. The van der Waals surface area contributed by atoms with Crippen LogP contribution in [0.2, 0.25) is 0 Å². The molecule has 8 heteroatoms. The highest BCUT2D eigenvalue weighted by molar-refractivity contribution is 9.10. The second-order valence-corrected chi connectivity index (χ2v) is 9.00. The Morgan fingerprint density at radius 1 is 1.28 bits per heavy atom. The van der Waals surface area contributed by atoms with Crippen molar-refractivity contribution in [2.75, 3.05) is 4.90 Å². The van der Waals surface area contributed by atoms with Crippen molar-refractivity contribution in [3.63, 3.8) is 0 Å². The fraction of sp³-hybridized carbons (Fsp3) is 0.238. The summed E-state index contributed by atoms with van der Waals surface area (Å²) >= 11 is 4.99. The zero-order valence-electron chi connectivity index (χ0n) is 16.3. The number of nitrogens with zero attached hydrogens (tertiary/aromatic N) is 5. The summed E-state index contributed by atoms with van der Waals surface area (Å²) in [5.74, 6) is -0.172. The van der Waals surface area contributed by atoms with Crippen molar-refractivity contribution in [1.82, 2.24) is 19.7 Å². The van der Waals surface area contributed by atoms with Gasteiger partial charge in [-0.3, -0.25) is 19.4 Å². The van der Waals surface area contributed by atoms with Crippen LogP contribution in [0.25, 0.3) is 10.2 Å². The van der Waals surface area contributed by atoms with E-state index in [4.69, 9.17) is 4.98 Å². The van der Waals surface area contributed by atoms with E-state index in [0.717, 1.165) is 25.9 Å². The smallest absolute Gasteiger partial charge is 0.278 e. The highest BCUT2D eigenvalue weighted by Gasteiger charge is 2.25. The van der Waals surface area contributed by atoms with E-state index in [9.17, 15) is 4.79 Å². The van der Waals surface area contributed by atoms with Crippen LogP contribution in [0.15, 0.2) is 53.3 Å². The number of carbonyl (C=O) groups is 1. The van der Waals surface area contributed by atoms with Gasteiger partial charge in [-0.2, -0.15) is 5.10 Å². The first-order valence-corrected chi connectivity index (χ1v) is 10.9. The number of carbonyl (C=O) groups excluding carboxylic acids is 1. The van der Waals surface area contributed by atoms with E-state index in [1.807, 2.05) is 61.9 Å². The molecule has 0 fully saturated rings. The predicted molar refractivity (Wildman–Crippen MR) is 119 cm³/mol. The van der Waals surface area contributed by atoms with Gasteiger partial charge in [0.1, 0.15) is 0 Å². The first-order valence-electron chi connectivity index (χ1n) is 9.25. The van der Waals surface area contributed by atoms with Crippen molar-refractivity contribution >= 4 is 48.5 Å². The molecule has 0 saturated carbocycles. The number of aryl methyl sites for hydroxylation is 1. The molecule has 4 aromatic rings. The van der Waals surface area contributed by atoms with E-state index < -0.39 is 0 Å². The minimum absolute atomic E-state index is 0.172. The van der Waals surface area contributed by atoms with Gasteiger partial charge in [0, 0.05) is 28.6 Å². The second-order valence-electron chi connectivity index (χ2n) is 7.07. The molecule has 4 rings (SSSR count). The molecule has 0 radical (unpaired) electrons. The molecule has 1 aromatic carbocycles. The third kappa shape index (κ3) is 4.09. The molecule has 0 aliphatic carbocycles. The van der Waals surface area contributed by atoms with Gasteiger partial charge >= 0.3 is 0 Å². The SMILES string of the molecule is Cc1cc(C(=O)N(Cc2cccnc2)c2nc3ccc(Br)cc3s2)nn1C(C)C. The van der Waals surface area contributed by atoms with Crippen molar-refractivity contribution in [2.24, 2.45) is 0 Å². The molecule has 3 aromatic heterocycles. The lowest BCUT2D eigenvalue weighted by Gasteiger charge is -2.18. The van der Waals surface area contributed by atoms with Gasteiger partial charge in [-0.1, -0.05) is 33.3 Å². The van der Waals surface area contributed by atoms with Crippen LogP contribution in [0.5, 0.6) is 0 Å². The summed E-state index contributed by atoms with van der Waals surface area (Å²) in [5.41, 5.74) is 3.17. The number of pyridine rings is 1. The monoisotopic (exact) mass is 469 g/mol. The van der Waals surface area contributed by atoms with Gasteiger partial charge in [-0.05, 0) is 56.7 Å². The number of aromatic nitrogens is 4. The molecule has 1 amide bonds. The molecule has 0 N–H and O–H groups in total. The van der Waals surface area contributed by atoms with Crippen LogP contribution >= 0.6 is 27.3 Å². The Morgan fingerprint density at radius 2 is 2.10 bits per heavy atom. The summed E-state index contributed by atoms with van der Waals surface area (Å²) in [4.78, 5) is 24.0. The number of hydrogen-bond donors (Lipinski definition) is 0. The summed E-state index contributed by atoms with van der Waals surface area (Å²) in [6, 6.07) is 11.8. The first kappa shape index (κ1) is 19.7. The zero-order valence-corrected chi connectivity index (χ0v) is 18.7. The highest BCUT2D eigenvalue weighted by atomic mass is 79.9. The molecule has 0 saturated heterocycles. The Kier molecular flexibility index (Phi) is 5.47. The number of rotatable bonds is 5. The van der Waals surface area contributed by atoms with E-state index in [1.165, 1.54) is 11.3 Å². The highest BCUT2D eigenvalue weighted by Crippen LogP contribution is 2.32. The minimum Gasteiger partial charge on any atom is -0.278 e. The molecule has 0 spiro atoms. The average molecular weight is 470 g/mol. The van der Waals surface area contributed by atoms with Crippen molar-refractivity contribution < 1.29 is 4.79 Å². The molecule has 0 atom stereocenters. The standard InChI is InChI=1S/C21H20BrN5OS/c1-13(2)27-14(3)9-18(25-27)20(28)26(12-15-5-4-8-23-11-15)21-24-17-7-6-16(22)10-19(17)29-21/h4-11,13H,12H2,1-3H3. The molecule has 0 aliphatic rings. The average Bonchev–Trinajstić information content (AvgIpc) is 3.29. The molecule has 6 nitrogen and oxygen atoms in total. The predicted octanol–water partition coefficient (Wildman–Crippen LogP) is 5.39. The number of fused-ring (bicyclic) bond motifs is 1. The van der Waals surface area contributed by atoms with Gasteiger partial charge in [-0.25, -0.2) is 4.98 Å². The van der Waals surface area contributed by atoms with E-state index in [0.29, 0.717) is 17.4 Å². The fourth-order valence-corrected chi connectivity index (χ4v) is 4.67. The number of anilines is 1. The van der Waals surface area contributed by atoms with E-state index in [-0.39, 0.29) is 11.9 Å². The lowest BCUT2D eigenvalue weighted by atomic mass is 10.2. The largest absolute Gasteiger partial charge is 0.280 e. The van der Waals surface area contributed by atoms with Gasteiger partial charge < -0.3 is 0 Å². The van der Waals surface area contributed by atoms with E-state index in [1.54, 1.807) is 17.3 Å². The summed E-state index contributed by atoms with van der Waals surface area (Å²) in [6.45, 7) is 6.44. The zero-order chi connectivity index (χ0) is 20.5. The topological polar surface area (TPSA) is 63.9 Å². The number of amides is 1. The lowest BCUT2D eigenvalue weighted by Crippen LogP contribution is -2.31. The Hall–Kier alpha value is -2.58. The van der Waals surface area contributed by atoms with E-state index >= 15 is 0 Å². The summed E-state index contributed by atoms with van der Waals surface area (Å²) in [7, 11) is 0. The Bertz CT molecular complexity index is 1170. The third-order valence-electron chi connectivity index (χ3n) is 4.51. The van der Waals surface area contributed by atoms with Crippen LogP contribution in [0.3, 0.4) is 0 Å². The van der Waals surface area contributed by atoms with Crippen molar-refractivity contribution in [1.29, 1.82) is 0 Å². The molecule has 0 bridgehead atoms. The molecule has 0 unspecified atom stereocenters. The maximum atomic E-state index is 13.5. The van der Waals surface area contributed by atoms with Crippen molar-refractivity contribution in [3.05, 3.63) is 70.2 Å². The molecule has 3 heterocycles. The number of halogens is 1. The summed E-state index contributed by atoms with van der Waals surface area (Å²) < 4.78 is 3.86. The lowest BCUT2D eigenvalue weighted by molar-refractivity contribution is 0.0979. The third-order valence-corrected chi connectivity index (χ3v) is 6.04. The van der Waals surface area contributed by atoms with Crippen molar-refractivity contribution in [3.8, 4) is 0 Å². The molecule has 148 valence electrons. The summed E-state index contributed by atoms with van der Waals surface area (Å²) in [5, 5.41) is 5.19. The Labute approximate surface area is 181 Å². The molecular formula is C21H20BrN5OS. The quantitative estimate of drug-likeness (QED) is 0.393. The van der Waals surface area contributed by atoms with Crippen LogP contribution < -0.4 is 4.90 Å². The van der Waals surface area contributed by atoms with Crippen LogP contribution in [0, 0.1) is 6.92 Å². The molecule has 0 aliphatic heterocycles. The maximum absolute atomic E-state index is 13.5. The number of thiazole rings is 1. The van der Waals surface area contributed by atoms with Crippen LogP contribution in [-0.4, -0.2) is 25.7 Å². The van der Waals surface area contributed by atoms with Gasteiger partial charge in [0.05, 0.1) is 16.8 Å². The van der Waals surface area contributed by atoms with Gasteiger partial charge in [0.15, 0.2) is 10.8 Å². The van der Waals surface area contributed by atoms with Crippen LogP contribution in [-0.2, 0) is 6.54 Å². The summed E-state index contributed by atoms with van der Waals surface area (Å²) in [6.07, 6.45) is 3.49. The Morgan fingerprint density at radius 3 is 2.79 bits per heavy atom. The Balaban J connectivity index is 1.76. The molecular weight excluding hydrogens is 450 g/mol. The minimum atomic E-state index is -0.172. The normalized spacial score (nSPS) is 11.3. The van der Waals surface area contributed by atoms with E-state index in [2.05, 4.69) is 26.0 Å². The van der Waals surface area contributed by atoms with Gasteiger partial charge in [0.2, 0.25) is 0 Å². The van der Waals surface area contributed by atoms with Crippen LogP contribution in [0.1, 0.15) is 41.6 Å².